The molecule has 3 aliphatic rings. The van der Waals surface area contributed by atoms with Crippen LogP contribution in [0.1, 0.15) is 45.1 Å². The lowest BCUT2D eigenvalue weighted by Gasteiger charge is -2.52. The fraction of sp³-hybridized carbons (Fsp3) is 0.481. The van der Waals surface area contributed by atoms with Crippen LogP contribution < -0.4 is 4.74 Å². The first-order valence-corrected chi connectivity index (χ1v) is 11.9. The van der Waals surface area contributed by atoms with Crippen LogP contribution in [0.15, 0.2) is 54.6 Å². The van der Waals surface area contributed by atoms with E-state index in [9.17, 15) is 14.0 Å². The van der Waals surface area contributed by atoms with E-state index < -0.39 is 5.82 Å². The van der Waals surface area contributed by atoms with Crippen molar-refractivity contribution in [3.8, 4) is 5.75 Å². The number of hydrogen-bond donors (Lipinski definition) is 0. The lowest BCUT2D eigenvalue weighted by atomic mass is 9.64. The Labute approximate surface area is 194 Å². The zero-order chi connectivity index (χ0) is 23.2. The van der Waals surface area contributed by atoms with E-state index in [1.807, 2.05) is 23.1 Å². The molecule has 0 aromatic heterocycles. The molecule has 2 heterocycles. The van der Waals surface area contributed by atoms with E-state index in [-0.39, 0.29) is 53.8 Å². The molecular weight excluding hydrogens is 419 g/mol. The third-order valence-corrected chi connectivity index (χ3v) is 8.08. The Kier molecular flexibility index (Phi) is 5.63. The monoisotopic (exact) mass is 450 g/mol. The number of piperidine rings is 1. The van der Waals surface area contributed by atoms with Crippen LogP contribution >= 0.6 is 0 Å². The minimum absolute atomic E-state index is 0.0700. The number of carbonyl (C=O) groups excluding carboxylic acids is 2. The summed E-state index contributed by atoms with van der Waals surface area (Å²) in [5, 5.41) is 0. The van der Waals surface area contributed by atoms with Crippen molar-refractivity contribution in [2.24, 2.45) is 5.41 Å². The highest BCUT2D eigenvalue weighted by Crippen LogP contribution is 2.56. The third-order valence-electron chi connectivity index (χ3n) is 8.08. The van der Waals surface area contributed by atoms with Gasteiger partial charge in [0.05, 0.1) is 12.1 Å². The van der Waals surface area contributed by atoms with Gasteiger partial charge in [-0.2, -0.15) is 0 Å². The summed E-state index contributed by atoms with van der Waals surface area (Å²) in [4.78, 5) is 30.6. The van der Waals surface area contributed by atoms with Gasteiger partial charge in [-0.25, -0.2) is 4.39 Å². The molecule has 0 radical (unpaired) electrons. The average molecular weight is 451 g/mol. The van der Waals surface area contributed by atoms with Crippen molar-refractivity contribution in [1.82, 2.24) is 9.80 Å². The molecule has 2 saturated heterocycles. The highest BCUT2D eigenvalue weighted by atomic mass is 19.1. The predicted octanol–water partition coefficient (Wildman–Crippen LogP) is 4.21. The van der Waals surface area contributed by atoms with Crippen molar-refractivity contribution in [1.29, 1.82) is 0 Å². The number of fused-ring (bicyclic) bond motifs is 1. The van der Waals surface area contributed by atoms with Crippen LogP contribution in [-0.4, -0.2) is 52.4 Å². The van der Waals surface area contributed by atoms with Gasteiger partial charge in [0.15, 0.2) is 18.2 Å². The predicted molar refractivity (Wildman–Crippen MR) is 123 cm³/mol. The minimum Gasteiger partial charge on any atom is -0.481 e. The Bertz CT molecular complexity index is 1040. The van der Waals surface area contributed by atoms with Crippen LogP contribution in [0.3, 0.4) is 0 Å². The molecule has 5 rings (SSSR count). The van der Waals surface area contributed by atoms with Crippen LogP contribution in [0.4, 0.5) is 4.39 Å². The van der Waals surface area contributed by atoms with E-state index in [2.05, 4.69) is 24.0 Å². The normalized spacial score (nSPS) is 30.3. The number of hydrogen-bond acceptors (Lipinski definition) is 3. The largest absolute Gasteiger partial charge is 0.481 e. The standard InChI is InChI=1S/C27H31FN2O3/c1-18(31)29-21(15-19-9-4-3-5-10-19)22-16-27(2)24(29)13-8-14-25(27)30(22)26(32)17-33-23-12-7-6-11-20(23)28/h3-7,9-12,21-22,24-25H,8,13-17H2,1-2H3/t21-,22-,24+,25-,27+/m0/s1. The topological polar surface area (TPSA) is 49.9 Å². The fourth-order valence-corrected chi connectivity index (χ4v) is 6.77. The van der Waals surface area contributed by atoms with E-state index in [1.54, 1.807) is 25.1 Å². The number of para-hydroxylation sites is 1. The third kappa shape index (κ3) is 3.69. The first-order chi connectivity index (χ1) is 15.9. The van der Waals surface area contributed by atoms with Crippen LogP contribution in [0.25, 0.3) is 0 Å². The molecule has 5 nitrogen and oxygen atoms in total. The second kappa shape index (κ2) is 8.47. The number of ether oxygens (including phenoxy) is 1. The summed E-state index contributed by atoms with van der Waals surface area (Å²) >= 11 is 0. The average Bonchev–Trinajstić information content (AvgIpc) is 3.11. The van der Waals surface area contributed by atoms with Gasteiger partial charge in [-0.05, 0) is 49.8 Å². The molecule has 2 bridgehead atoms. The Morgan fingerprint density at radius 1 is 1.03 bits per heavy atom. The molecule has 1 saturated carbocycles. The smallest absolute Gasteiger partial charge is 0.261 e. The number of nitrogens with zero attached hydrogens (tertiary/aromatic N) is 2. The van der Waals surface area contributed by atoms with Gasteiger partial charge in [-0.1, -0.05) is 49.4 Å². The van der Waals surface area contributed by atoms with Crippen molar-refractivity contribution in [3.63, 3.8) is 0 Å². The Morgan fingerprint density at radius 3 is 2.39 bits per heavy atom. The van der Waals surface area contributed by atoms with E-state index in [0.717, 1.165) is 31.2 Å². The lowest BCUT2D eigenvalue weighted by molar-refractivity contribution is -0.143. The molecule has 2 aliphatic heterocycles. The maximum atomic E-state index is 14.0. The summed E-state index contributed by atoms with van der Waals surface area (Å²) in [6.07, 6.45) is 4.48. The first kappa shape index (κ1) is 21.9. The fourth-order valence-electron chi connectivity index (χ4n) is 6.77. The van der Waals surface area contributed by atoms with Crippen molar-refractivity contribution >= 4 is 11.8 Å². The summed E-state index contributed by atoms with van der Waals surface area (Å²) in [6, 6.07) is 16.4. The van der Waals surface area contributed by atoms with E-state index in [0.29, 0.717) is 6.42 Å². The van der Waals surface area contributed by atoms with Crippen LogP contribution in [0.5, 0.6) is 5.75 Å². The maximum Gasteiger partial charge on any atom is 0.261 e. The molecule has 0 unspecified atom stereocenters. The Morgan fingerprint density at radius 2 is 1.70 bits per heavy atom. The SMILES string of the molecule is CC(=O)N1[C@@H](Cc2ccccc2)[C@@H]2C[C@@]3(C)[C@H](CCC[C@@H]13)N2C(=O)COc1ccccc1F. The van der Waals surface area contributed by atoms with Crippen molar-refractivity contribution in [2.75, 3.05) is 6.61 Å². The summed E-state index contributed by atoms with van der Waals surface area (Å²) in [5.41, 5.74) is 1.03. The van der Waals surface area contributed by atoms with Crippen LogP contribution in [0, 0.1) is 11.2 Å². The quantitative estimate of drug-likeness (QED) is 0.686. The molecule has 5 atom stereocenters. The molecule has 2 aromatic carbocycles. The van der Waals surface area contributed by atoms with Gasteiger partial charge in [-0.15, -0.1) is 0 Å². The summed E-state index contributed by atoms with van der Waals surface area (Å²) in [5.74, 6) is -0.428. The van der Waals surface area contributed by atoms with Gasteiger partial charge < -0.3 is 14.5 Å². The molecule has 33 heavy (non-hydrogen) atoms. The van der Waals surface area contributed by atoms with Gasteiger partial charge in [0.25, 0.3) is 5.91 Å². The zero-order valence-electron chi connectivity index (χ0n) is 19.2. The van der Waals surface area contributed by atoms with Gasteiger partial charge >= 0.3 is 0 Å². The molecule has 174 valence electrons. The molecule has 6 heteroatoms. The molecule has 2 aromatic rings. The Balaban J connectivity index is 1.47. The molecule has 0 spiro atoms. The number of amides is 2. The lowest BCUT2D eigenvalue weighted by Crippen LogP contribution is -2.62. The second-order valence-corrected chi connectivity index (χ2v) is 9.94. The number of carbonyl (C=O) groups is 2. The van der Waals surface area contributed by atoms with Gasteiger partial charge in [-0.3, -0.25) is 9.59 Å². The summed E-state index contributed by atoms with van der Waals surface area (Å²) in [7, 11) is 0. The summed E-state index contributed by atoms with van der Waals surface area (Å²) in [6.45, 7) is 3.70. The second-order valence-electron chi connectivity index (χ2n) is 9.94. The number of benzene rings is 2. The molecule has 1 aliphatic carbocycles. The summed E-state index contributed by atoms with van der Waals surface area (Å²) < 4.78 is 19.7. The number of rotatable bonds is 5. The number of likely N-dealkylation sites (tertiary alicyclic amines) is 2. The highest BCUT2D eigenvalue weighted by molar-refractivity contribution is 5.80. The van der Waals surface area contributed by atoms with Crippen molar-refractivity contribution in [3.05, 3.63) is 66.0 Å². The van der Waals surface area contributed by atoms with Gasteiger partial charge in [0.2, 0.25) is 5.91 Å². The van der Waals surface area contributed by atoms with Crippen molar-refractivity contribution in [2.45, 2.75) is 70.1 Å². The molecular formula is C27H31FN2O3. The van der Waals surface area contributed by atoms with E-state index in [1.165, 1.54) is 6.07 Å². The maximum absolute atomic E-state index is 14.0. The van der Waals surface area contributed by atoms with E-state index in [4.69, 9.17) is 4.74 Å². The van der Waals surface area contributed by atoms with Crippen LogP contribution in [-0.2, 0) is 16.0 Å². The Hall–Kier alpha value is -2.89. The highest BCUT2D eigenvalue weighted by Gasteiger charge is 2.64. The zero-order valence-corrected chi connectivity index (χ0v) is 19.2. The van der Waals surface area contributed by atoms with Gasteiger partial charge in [0, 0.05) is 24.4 Å². The first-order valence-electron chi connectivity index (χ1n) is 11.9. The van der Waals surface area contributed by atoms with Gasteiger partial charge in [0.1, 0.15) is 0 Å². The molecule has 0 N–H and O–H groups in total. The van der Waals surface area contributed by atoms with E-state index >= 15 is 0 Å². The number of halogens is 1. The van der Waals surface area contributed by atoms with Crippen LogP contribution in [0.2, 0.25) is 0 Å². The minimum atomic E-state index is -0.472. The molecule has 2 amide bonds. The molecule has 3 fully saturated rings. The van der Waals surface area contributed by atoms with Crippen molar-refractivity contribution < 1.29 is 18.7 Å².